The van der Waals surface area contributed by atoms with Crippen molar-refractivity contribution in [3.05, 3.63) is 62.5 Å². The van der Waals surface area contributed by atoms with Crippen molar-refractivity contribution >= 4 is 17.2 Å². The summed E-state index contributed by atoms with van der Waals surface area (Å²) in [5.74, 6) is -2.50. The smallest absolute Gasteiger partial charge is 0.274 e. The quantitative estimate of drug-likeness (QED) is 0.655. The molecule has 11 heteroatoms. The number of nitrogens with zero attached hydrogens (tertiary/aromatic N) is 4. The van der Waals surface area contributed by atoms with Gasteiger partial charge in [0.05, 0.1) is 18.8 Å². The zero-order valence-corrected chi connectivity index (χ0v) is 17.3. The average molecular weight is 448 g/mol. The Labute approximate surface area is 179 Å². The van der Waals surface area contributed by atoms with Crippen LogP contribution in [0.15, 0.2) is 29.2 Å². The Bertz CT molecular complexity index is 1200. The van der Waals surface area contributed by atoms with E-state index in [1.165, 1.54) is 21.7 Å². The van der Waals surface area contributed by atoms with Crippen LogP contribution >= 0.6 is 11.3 Å². The summed E-state index contributed by atoms with van der Waals surface area (Å²) in [6, 6.07) is 3.26. The number of benzene rings is 1. The molecule has 0 unspecified atom stereocenters. The lowest BCUT2D eigenvalue weighted by Gasteiger charge is -2.27. The van der Waals surface area contributed by atoms with E-state index in [-0.39, 0.29) is 28.2 Å². The van der Waals surface area contributed by atoms with Gasteiger partial charge in [0, 0.05) is 38.8 Å². The lowest BCUT2D eigenvalue weighted by atomic mass is 10.1. The number of rotatable bonds is 4. The molecule has 1 fully saturated rings. The lowest BCUT2D eigenvalue weighted by molar-refractivity contribution is 0.0293. The summed E-state index contributed by atoms with van der Waals surface area (Å²) in [6.07, 6.45) is 1.49. The molecule has 8 nitrogen and oxygen atoms in total. The Balaban J connectivity index is 1.63. The predicted molar refractivity (Wildman–Crippen MR) is 108 cm³/mol. The number of carbonyl (C=O) groups excluding carboxylic acids is 1. The first-order valence-corrected chi connectivity index (χ1v) is 10.2. The van der Waals surface area contributed by atoms with Crippen LogP contribution in [0, 0.1) is 11.6 Å². The van der Waals surface area contributed by atoms with Gasteiger partial charge in [-0.25, -0.2) is 8.78 Å². The molecule has 0 saturated carbocycles. The fourth-order valence-electron chi connectivity index (χ4n) is 3.30. The van der Waals surface area contributed by atoms with E-state index in [1.807, 2.05) is 0 Å². The molecule has 0 aliphatic carbocycles. The first-order chi connectivity index (χ1) is 14.8. The number of morpholine rings is 1. The van der Waals surface area contributed by atoms with Gasteiger partial charge in [-0.3, -0.25) is 9.59 Å². The first-order valence-electron chi connectivity index (χ1n) is 9.41. The molecule has 1 aliphatic rings. The third-order valence-corrected chi connectivity index (χ3v) is 5.87. The van der Waals surface area contributed by atoms with Crippen molar-refractivity contribution in [3.63, 3.8) is 0 Å². The Morgan fingerprint density at radius 2 is 2.00 bits per heavy atom. The van der Waals surface area contributed by atoms with Gasteiger partial charge < -0.3 is 19.3 Å². The van der Waals surface area contributed by atoms with Crippen LogP contribution in [0.1, 0.15) is 21.1 Å². The Kier molecular flexibility index (Phi) is 5.79. The van der Waals surface area contributed by atoms with Gasteiger partial charge in [0.2, 0.25) is 5.43 Å². The van der Waals surface area contributed by atoms with Gasteiger partial charge in [-0.1, -0.05) is 17.4 Å². The van der Waals surface area contributed by atoms with E-state index in [9.17, 15) is 23.5 Å². The van der Waals surface area contributed by atoms with Crippen molar-refractivity contribution in [1.82, 2.24) is 19.7 Å². The van der Waals surface area contributed by atoms with Crippen LogP contribution in [-0.2, 0) is 18.2 Å². The van der Waals surface area contributed by atoms with E-state index in [0.29, 0.717) is 31.3 Å². The molecule has 0 radical (unpaired) electrons. The first kappa shape index (κ1) is 21.1. The van der Waals surface area contributed by atoms with E-state index >= 15 is 0 Å². The summed E-state index contributed by atoms with van der Waals surface area (Å²) >= 11 is 1.05. The number of amides is 1. The van der Waals surface area contributed by atoms with Crippen LogP contribution in [0.4, 0.5) is 8.78 Å². The highest BCUT2D eigenvalue weighted by atomic mass is 32.1. The summed E-state index contributed by atoms with van der Waals surface area (Å²) in [5.41, 5.74) is -0.549. The monoisotopic (exact) mass is 448 g/mol. The number of halogens is 2. The van der Waals surface area contributed by atoms with Gasteiger partial charge >= 0.3 is 0 Å². The molecule has 1 saturated heterocycles. The maximum atomic E-state index is 13.9. The Morgan fingerprint density at radius 1 is 1.26 bits per heavy atom. The number of hydrogen-bond acceptors (Lipinski definition) is 7. The molecular formula is C20H18F2N4O4S. The van der Waals surface area contributed by atoms with E-state index in [4.69, 9.17) is 4.74 Å². The van der Waals surface area contributed by atoms with Crippen molar-refractivity contribution in [2.75, 3.05) is 26.3 Å². The molecule has 1 amide bonds. The summed E-state index contributed by atoms with van der Waals surface area (Å²) in [7, 11) is 1.55. The predicted octanol–water partition coefficient (Wildman–Crippen LogP) is 1.95. The Hall–Kier alpha value is -3.18. The van der Waals surface area contributed by atoms with Crippen molar-refractivity contribution in [1.29, 1.82) is 0 Å². The molecule has 31 heavy (non-hydrogen) atoms. The van der Waals surface area contributed by atoms with Crippen molar-refractivity contribution < 1.29 is 23.4 Å². The number of aromatic nitrogens is 3. The molecule has 4 rings (SSSR count). The summed E-state index contributed by atoms with van der Waals surface area (Å²) in [4.78, 5) is 27.0. The largest absolute Gasteiger partial charge is 0.503 e. The van der Waals surface area contributed by atoms with Crippen LogP contribution in [0.25, 0.3) is 10.6 Å². The van der Waals surface area contributed by atoms with E-state index in [2.05, 4.69) is 10.2 Å². The minimum absolute atomic E-state index is 0.0712. The van der Waals surface area contributed by atoms with Crippen molar-refractivity contribution in [2.24, 2.45) is 7.05 Å². The maximum absolute atomic E-state index is 13.9. The normalized spacial score (nSPS) is 14.1. The third-order valence-electron chi connectivity index (χ3n) is 4.91. The van der Waals surface area contributed by atoms with Gasteiger partial charge in [0.15, 0.2) is 16.5 Å². The second-order valence-corrected chi connectivity index (χ2v) is 8.06. The zero-order valence-electron chi connectivity index (χ0n) is 16.5. The highest BCUT2D eigenvalue weighted by molar-refractivity contribution is 7.14. The molecule has 3 heterocycles. The topological polar surface area (TPSA) is 97.6 Å². The van der Waals surface area contributed by atoms with Crippen LogP contribution in [-0.4, -0.2) is 57.0 Å². The van der Waals surface area contributed by atoms with Gasteiger partial charge in [0.1, 0.15) is 16.6 Å². The summed E-state index contributed by atoms with van der Waals surface area (Å²) in [5, 5.41) is 19.1. The minimum atomic E-state index is -0.745. The molecule has 2 aromatic heterocycles. The molecule has 1 aromatic carbocycles. The second kappa shape index (κ2) is 8.52. The number of aryl methyl sites for hydroxylation is 1. The minimum Gasteiger partial charge on any atom is -0.503 e. The average Bonchev–Trinajstić information content (AvgIpc) is 3.21. The van der Waals surface area contributed by atoms with E-state index in [1.54, 1.807) is 7.05 Å². The fourth-order valence-corrected chi connectivity index (χ4v) is 4.17. The highest BCUT2D eigenvalue weighted by Gasteiger charge is 2.27. The van der Waals surface area contributed by atoms with Crippen LogP contribution in [0.2, 0.25) is 0 Å². The maximum Gasteiger partial charge on any atom is 0.274 e. The number of pyridine rings is 1. The highest BCUT2D eigenvalue weighted by Crippen LogP contribution is 2.26. The van der Waals surface area contributed by atoms with Crippen molar-refractivity contribution in [3.8, 4) is 16.3 Å². The molecule has 1 aliphatic heterocycles. The zero-order chi connectivity index (χ0) is 22.1. The lowest BCUT2D eigenvalue weighted by Crippen LogP contribution is -2.42. The summed E-state index contributed by atoms with van der Waals surface area (Å²) in [6.45, 7) is 1.52. The van der Waals surface area contributed by atoms with Crippen LogP contribution in [0.3, 0.4) is 0 Å². The molecule has 0 bridgehead atoms. The summed E-state index contributed by atoms with van der Waals surface area (Å²) < 4.78 is 33.6. The number of aromatic hydroxyl groups is 1. The van der Waals surface area contributed by atoms with Crippen LogP contribution < -0.4 is 5.43 Å². The molecular weight excluding hydrogens is 430 g/mol. The SMILES string of the molecule is Cn1cc(-c2nnc(Cc3ccc(F)cc3F)s2)c(=O)c(O)c1C(=O)N1CCOCC1. The second-order valence-electron chi connectivity index (χ2n) is 7.00. The van der Waals surface area contributed by atoms with Crippen molar-refractivity contribution in [2.45, 2.75) is 6.42 Å². The van der Waals surface area contributed by atoms with Gasteiger partial charge in [-0.15, -0.1) is 10.2 Å². The molecule has 0 spiro atoms. The van der Waals surface area contributed by atoms with Gasteiger partial charge in [-0.2, -0.15) is 0 Å². The Morgan fingerprint density at radius 3 is 2.71 bits per heavy atom. The number of ether oxygens (including phenoxy) is 1. The van der Waals surface area contributed by atoms with E-state index in [0.717, 1.165) is 23.5 Å². The van der Waals surface area contributed by atoms with Crippen LogP contribution in [0.5, 0.6) is 5.75 Å². The van der Waals surface area contributed by atoms with E-state index < -0.39 is 28.7 Å². The standard InChI is InChI=1S/C20H18F2N4O4S/c1-25-10-13(17(27)18(28)16(25)20(29)26-4-6-30-7-5-26)19-24-23-15(31-19)8-11-2-3-12(21)9-14(11)22/h2-3,9-10,28H,4-8H2,1H3. The molecule has 1 N–H and O–H groups in total. The number of hydrogen-bond donors (Lipinski definition) is 1. The van der Waals surface area contributed by atoms with Gasteiger partial charge in [-0.05, 0) is 11.6 Å². The number of carbonyl (C=O) groups is 1. The van der Waals surface area contributed by atoms with Gasteiger partial charge in [0.25, 0.3) is 5.91 Å². The molecule has 0 atom stereocenters. The molecule has 162 valence electrons. The third kappa shape index (κ3) is 4.19. The fraction of sp³-hybridized carbons (Fsp3) is 0.300. The molecule has 3 aromatic rings.